The molecule has 2 aromatic heterocycles. The van der Waals surface area contributed by atoms with Crippen LogP contribution in [0.1, 0.15) is 41.7 Å². The third kappa shape index (κ3) is 4.42. The van der Waals surface area contributed by atoms with Crippen LogP contribution in [0.3, 0.4) is 0 Å². The summed E-state index contributed by atoms with van der Waals surface area (Å²) in [5, 5.41) is 3.16. The van der Waals surface area contributed by atoms with E-state index in [0.717, 1.165) is 29.7 Å². The van der Waals surface area contributed by atoms with Crippen LogP contribution < -0.4 is 10.5 Å². The Kier molecular flexibility index (Phi) is 6.10. The Morgan fingerprint density at radius 2 is 1.74 bits per heavy atom. The molecule has 1 saturated heterocycles. The van der Waals surface area contributed by atoms with Crippen molar-refractivity contribution < 1.29 is 14.3 Å². The number of H-pyrrole nitrogens is 1. The highest BCUT2D eigenvalue weighted by molar-refractivity contribution is 5.98. The zero-order chi connectivity index (χ0) is 24.4. The molecular weight excluding hydrogens is 442 g/mol. The van der Waals surface area contributed by atoms with Crippen LogP contribution in [0.2, 0.25) is 0 Å². The first-order valence-corrected chi connectivity index (χ1v) is 11.7. The lowest BCUT2D eigenvalue weighted by atomic mass is 9.91. The minimum atomic E-state index is -0.558. The maximum absolute atomic E-state index is 12.4. The first-order chi connectivity index (χ1) is 17.0. The topological polar surface area (TPSA) is 106 Å². The molecule has 4 aromatic rings. The number of rotatable bonds is 6. The number of para-hydroxylation sites is 1. The Balaban J connectivity index is 1.41. The van der Waals surface area contributed by atoms with E-state index in [9.17, 15) is 9.59 Å². The molecule has 3 heterocycles. The number of allylic oxidation sites excluding steroid dienone is 1. The first kappa shape index (κ1) is 22.5. The second-order valence-electron chi connectivity index (χ2n) is 8.60. The minimum absolute atomic E-state index is 0.0453. The highest BCUT2D eigenvalue weighted by Gasteiger charge is 2.28. The number of aromatic nitrogens is 3. The van der Waals surface area contributed by atoms with Crippen molar-refractivity contribution in [2.45, 2.75) is 25.7 Å². The number of ether oxygens (including phenoxy) is 1. The van der Waals surface area contributed by atoms with Gasteiger partial charge in [-0.1, -0.05) is 24.3 Å². The smallest absolute Gasteiger partial charge is 0.269 e. The maximum atomic E-state index is 12.4. The van der Waals surface area contributed by atoms with E-state index in [2.05, 4.69) is 5.10 Å². The van der Waals surface area contributed by atoms with Crippen molar-refractivity contribution in [3.8, 4) is 22.8 Å². The molecule has 0 saturated carbocycles. The molecule has 2 aromatic carbocycles. The van der Waals surface area contributed by atoms with Gasteiger partial charge in [0.15, 0.2) is 11.3 Å². The van der Waals surface area contributed by atoms with Gasteiger partial charge < -0.3 is 15.4 Å². The average molecular weight is 470 g/mol. The van der Waals surface area contributed by atoms with Crippen LogP contribution in [-0.4, -0.2) is 44.4 Å². The summed E-state index contributed by atoms with van der Waals surface area (Å²) in [5.41, 5.74) is 9.09. The second-order valence-corrected chi connectivity index (χ2v) is 8.60. The van der Waals surface area contributed by atoms with E-state index >= 15 is 0 Å². The van der Waals surface area contributed by atoms with Crippen LogP contribution in [0.25, 0.3) is 16.9 Å². The summed E-state index contributed by atoms with van der Waals surface area (Å²) in [6, 6.07) is 17.0. The number of carbonyl (C=O) groups is 2. The Morgan fingerprint density at radius 3 is 2.40 bits per heavy atom. The number of nitrogens with zero attached hydrogens (tertiary/aromatic N) is 3. The second kappa shape index (κ2) is 9.50. The fourth-order valence-corrected chi connectivity index (χ4v) is 4.63. The number of hydrogen-bond donors (Lipinski definition) is 2. The van der Waals surface area contributed by atoms with Crippen molar-refractivity contribution in [1.29, 1.82) is 0 Å². The number of aromatic amines is 1. The molecule has 35 heavy (non-hydrogen) atoms. The molecule has 3 N–H and O–H groups in total. The summed E-state index contributed by atoms with van der Waals surface area (Å²) in [7, 11) is 0. The third-order valence-electron chi connectivity index (χ3n) is 6.38. The van der Waals surface area contributed by atoms with E-state index in [-0.39, 0.29) is 11.8 Å². The molecule has 1 aliphatic heterocycles. The number of primary amides is 1. The highest BCUT2D eigenvalue weighted by atomic mass is 16.5. The van der Waals surface area contributed by atoms with Gasteiger partial charge in [0.05, 0.1) is 0 Å². The molecule has 5 rings (SSSR count). The summed E-state index contributed by atoms with van der Waals surface area (Å²) in [4.78, 5) is 31.3. The van der Waals surface area contributed by atoms with Crippen LogP contribution in [0.15, 0.2) is 72.9 Å². The largest absolute Gasteiger partial charge is 0.457 e. The molecule has 0 unspecified atom stereocenters. The molecule has 8 nitrogen and oxygen atoms in total. The van der Waals surface area contributed by atoms with Gasteiger partial charge in [-0.25, -0.2) is 9.50 Å². The lowest BCUT2D eigenvalue weighted by molar-refractivity contribution is -0.127. The maximum Gasteiger partial charge on any atom is 0.269 e. The van der Waals surface area contributed by atoms with Gasteiger partial charge in [0.1, 0.15) is 17.2 Å². The van der Waals surface area contributed by atoms with Gasteiger partial charge in [-0.05, 0) is 68.2 Å². The standard InChI is InChI=1S/C27H27N5O3/c1-2-6-23(33)31-15-13-18(14-16-31)22-17-29-32-25(26(28)34)24(30-27(22)32)19-9-11-21(12-10-19)35-20-7-4-3-5-8-20/h2-12,17-18,29H,13-16H2,1H3,(H2,28,34). The van der Waals surface area contributed by atoms with E-state index < -0.39 is 5.91 Å². The normalized spacial score (nSPS) is 14.6. The number of amides is 2. The van der Waals surface area contributed by atoms with Crippen LogP contribution in [-0.2, 0) is 4.79 Å². The Morgan fingerprint density at radius 1 is 1.06 bits per heavy atom. The molecule has 1 aliphatic rings. The number of imidazole rings is 1. The van der Waals surface area contributed by atoms with E-state index in [1.165, 1.54) is 0 Å². The molecule has 0 bridgehead atoms. The van der Waals surface area contributed by atoms with Crippen molar-refractivity contribution in [3.05, 3.63) is 84.2 Å². The lowest BCUT2D eigenvalue weighted by Crippen LogP contribution is -2.36. The monoisotopic (exact) mass is 469 g/mol. The molecule has 2 amide bonds. The van der Waals surface area contributed by atoms with Gasteiger partial charge >= 0.3 is 0 Å². The third-order valence-corrected chi connectivity index (χ3v) is 6.38. The zero-order valence-electron chi connectivity index (χ0n) is 19.5. The summed E-state index contributed by atoms with van der Waals surface area (Å²) in [6.07, 6.45) is 6.92. The molecular formula is C27H27N5O3. The fraction of sp³-hybridized carbons (Fsp3) is 0.222. The van der Waals surface area contributed by atoms with Gasteiger partial charge in [0.25, 0.3) is 5.91 Å². The Bertz CT molecular complexity index is 1380. The average Bonchev–Trinajstić information content (AvgIpc) is 3.45. The van der Waals surface area contributed by atoms with Gasteiger partial charge in [-0.2, -0.15) is 0 Å². The van der Waals surface area contributed by atoms with E-state index in [4.69, 9.17) is 15.5 Å². The fourth-order valence-electron chi connectivity index (χ4n) is 4.63. The van der Waals surface area contributed by atoms with Crippen molar-refractivity contribution in [1.82, 2.24) is 19.5 Å². The first-order valence-electron chi connectivity index (χ1n) is 11.7. The highest BCUT2D eigenvalue weighted by Crippen LogP contribution is 2.34. The predicted molar refractivity (Wildman–Crippen MR) is 133 cm³/mol. The van der Waals surface area contributed by atoms with Crippen LogP contribution in [0, 0.1) is 0 Å². The van der Waals surface area contributed by atoms with Crippen molar-refractivity contribution in [2.75, 3.05) is 13.1 Å². The summed E-state index contributed by atoms with van der Waals surface area (Å²) in [5.74, 6) is 1.15. The zero-order valence-corrected chi connectivity index (χ0v) is 19.5. The van der Waals surface area contributed by atoms with Crippen molar-refractivity contribution in [2.24, 2.45) is 5.73 Å². The number of carbonyl (C=O) groups excluding carboxylic acids is 2. The van der Waals surface area contributed by atoms with Crippen LogP contribution >= 0.6 is 0 Å². The number of fused-ring (bicyclic) bond motifs is 1. The SMILES string of the molecule is CC=CC(=O)N1CCC(c2c[nH]n3c(C(N)=O)c(-c4ccc(Oc5ccccc5)cc4)nc23)CC1. The minimum Gasteiger partial charge on any atom is -0.457 e. The van der Waals surface area contributed by atoms with E-state index in [1.807, 2.05) is 72.6 Å². The van der Waals surface area contributed by atoms with Crippen LogP contribution in [0.5, 0.6) is 11.5 Å². The van der Waals surface area contributed by atoms with Gasteiger partial charge in [0.2, 0.25) is 5.91 Å². The lowest BCUT2D eigenvalue weighted by Gasteiger charge is -2.30. The van der Waals surface area contributed by atoms with E-state index in [1.54, 1.807) is 16.7 Å². The quantitative estimate of drug-likeness (QED) is 0.406. The van der Waals surface area contributed by atoms with Crippen molar-refractivity contribution in [3.63, 3.8) is 0 Å². The Hall–Kier alpha value is -4.33. The summed E-state index contributed by atoms with van der Waals surface area (Å²) >= 11 is 0. The summed E-state index contributed by atoms with van der Waals surface area (Å²) < 4.78 is 7.54. The molecule has 0 radical (unpaired) electrons. The molecule has 0 spiro atoms. The molecule has 0 atom stereocenters. The number of hydrogen-bond acceptors (Lipinski definition) is 4. The Labute approximate surface area is 203 Å². The number of nitrogens with two attached hydrogens (primary N) is 1. The number of piperidine rings is 1. The summed E-state index contributed by atoms with van der Waals surface area (Å²) in [6.45, 7) is 3.21. The van der Waals surface area contributed by atoms with Gasteiger partial charge in [-0.3, -0.25) is 14.7 Å². The van der Waals surface area contributed by atoms with E-state index in [0.29, 0.717) is 35.9 Å². The van der Waals surface area contributed by atoms with Gasteiger partial charge in [0, 0.05) is 30.4 Å². The molecule has 8 heteroatoms. The predicted octanol–water partition coefficient (Wildman–Crippen LogP) is 4.50. The molecule has 0 aliphatic carbocycles. The number of benzene rings is 2. The van der Waals surface area contributed by atoms with Gasteiger partial charge in [-0.15, -0.1) is 0 Å². The molecule has 1 fully saturated rings. The number of nitrogens with one attached hydrogen (secondary N) is 1. The number of likely N-dealkylation sites (tertiary alicyclic amines) is 1. The van der Waals surface area contributed by atoms with Crippen molar-refractivity contribution >= 4 is 17.5 Å². The van der Waals surface area contributed by atoms with Crippen LogP contribution in [0.4, 0.5) is 0 Å². The molecule has 178 valence electrons.